The van der Waals surface area contributed by atoms with Crippen molar-refractivity contribution in [2.45, 2.75) is 34.6 Å². The Labute approximate surface area is 76.7 Å². The first kappa shape index (κ1) is 11.2. The van der Waals surface area contributed by atoms with Gasteiger partial charge in [0.05, 0.1) is 0 Å². The standard InChI is InChI=1S/C12H20/c1-7-10(5)11(6)12(8-2)9(3)4/h7-9H,2H2,1,3-6H3/b10-7-,12-11+. The second-order valence-corrected chi connectivity index (χ2v) is 3.41. The molecule has 0 nitrogen and oxygen atoms in total. The third-order valence-electron chi connectivity index (χ3n) is 2.30. The van der Waals surface area contributed by atoms with E-state index in [1.165, 1.54) is 16.7 Å². The molecule has 0 fully saturated rings. The minimum absolute atomic E-state index is 0.567. The lowest BCUT2D eigenvalue weighted by molar-refractivity contribution is 0.781. The number of allylic oxidation sites excluding steroid dienone is 5. The molecule has 0 bridgehead atoms. The third-order valence-corrected chi connectivity index (χ3v) is 2.30. The van der Waals surface area contributed by atoms with Gasteiger partial charge in [0.15, 0.2) is 0 Å². The summed E-state index contributed by atoms with van der Waals surface area (Å²) in [6.07, 6.45) is 4.11. The lowest BCUT2D eigenvalue weighted by Crippen LogP contribution is -1.95. The fourth-order valence-electron chi connectivity index (χ4n) is 1.27. The first-order chi connectivity index (χ1) is 5.54. The zero-order valence-electron chi connectivity index (χ0n) is 8.94. The molecule has 0 N–H and O–H groups in total. The normalized spacial score (nSPS) is 14.7. The Bertz CT molecular complexity index is 214. The van der Waals surface area contributed by atoms with E-state index in [0.717, 1.165) is 0 Å². The first-order valence-electron chi connectivity index (χ1n) is 4.51. The van der Waals surface area contributed by atoms with Gasteiger partial charge in [-0.25, -0.2) is 0 Å². The molecule has 0 heteroatoms. The highest BCUT2D eigenvalue weighted by atomic mass is 14.1. The van der Waals surface area contributed by atoms with Crippen molar-refractivity contribution in [1.82, 2.24) is 0 Å². The molecule has 12 heavy (non-hydrogen) atoms. The maximum atomic E-state index is 3.83. The van der Waals surface area contributed by atoms with Crippen molar-refractivity contribution in [2.24, 2.45) is 5.92 Å². The molecule has 0 aromatic carbocycles. The van der Waals surface area contributed by atoms with Gasteiger partial charge in [-0.05, 0) is 37.8 Å². The molecule has 68 valence electrons. The van der Waals surface area contributed by atoms with Crippen LogP contribution in [0.5, 0.6) is 0 Å². The second-order valence-electron chi connectivity index (χ2n) is 3.41. The molecule has 0 aliphatic rings. The van der Waals surface area contributed by atoms with Crippen LogP contribution in [0.4, 0.5) is 0 Å². The quantitative estimate of drug-likeness (QED) is 0.551. The molecule has 0 amide bonds. The van der Waals surface area contributed by atoms with Crippen LogP contribution in [0.2, 0.25) is 0 Å². The van der Waals surface area contributed by atoms with E-state index in [2.05, 4.69) is 47.3 Å². The molecule has 0 atom stereocenters. The fourth-order valence-corrected chi connectivity index (χ4v) is 1.27. The monoisotopic (exact) mass is 164 g/mol. The Balaban J connectivity index is 4.97. The smallest absolute Gasteiger partial charge is 0.0216 e. The van der Waals surface area contributed by atoms with E-state index in [9.17, 15) is 0 Å². The van der Waals surface area contributed by atoms with Crippen LogP contribution in [-0.4, -0.2) is 0 Å². The van der Waals surface area contributed by atoms with Crippen LogP contribution >= 0.6 is 0 Å². The average molecular weight is 164 g/mol. The summed E-state index contributed by atoms with van der Waals surface area (Å²) in [5.41, 5.74) is 4.06. The summed E-state index contributed by atoms with van der Waals surface area (Å²) in [5, 5.41) is 0. The van der Waals surface area contributed by atoms with Crippen LogP contribution in [0.25, 0.3) is 0 Å². The number of hydrogen-bond acceptors (Lipinski definition) is 0. The molecular weight excluding hydrogens is 144 g/mol. The van der Waals surface area contributed by atoms with Gasteiger partial charge in [0, 0.05) is 0 Å². The molecule has 0 aliphatic carbocycles. The van der Waals surface area contributed by atoms with E-state index < -0.39 is 0 Å². The van der Waals surface area contributed by atoms with Crippen LogP contribution in [-0.2, 0) is 0 Å². The molecule has 0 heterocycles. The topological polar surface area (TPSA) is 0 Å². The fraction of sp³-hybridized carbons (Fsp3) is 0.500. The van der Waals surface area contributed by atoms with Crippen molar-refractivity contribution < 1.29 is 0 Å². The summed E-state index contributed by atoms with van der Waals surface area (Å²) >= 11 is 0. The largest absolute Gasteiger partial charge is 0.0988 e. The number of hydrogen-bond donors (Lipinski definition) is 0. The Hall–Kier alpha value is -0.780. The molecule has 0 aliphatic heterocycles. The lowest BCUT2D eigenvalue weighted by Gasteiger charge is -2.12. The molecule has 0 saturated heterocycles. The third kappa shape index (κ3) is 2.69. The number of rotatable bonds is 3. The molecule has 0 saturated carbocycles. The summed E-state index contributed by atoms with van der Waals surface area (Å²) in [6, 6.07) is 0. The summed E-state index contributed by atoms with van der Waals surface area (Å²) in [4.78, 5) is 0. The van der Waals surface area contributed by atoms with Crippen molar-refractivity contribution in [1.29, 1.82) is 0 Å². The van der Waals surface area contributed by atoms with E-state index in [0.29, 0.717) is 5.92 Å². The zero-order chi connectivity index (χ0) is 9.72. The highest BCUT2D eigenvalue weighted by Crippen LogP contribution is 2.20. The van der Waals surface area contributed by atoms with Gasteiger partial charge in [0.2, 0.25) is 0 Å². The van der Waals surface area contributed by atoms with E-state index >= 15 is 0 Å². The van der Waals surface area contributed by atoms with Gasteiger partial charge in [-0.1, -0.05) is 38.2 Å². The Kier molecular flexibility index (Phi) is 4.65. The molecule has 0 rings (SSSR count). The van der Waals surface area contributed by atoms with Crippen molar-refractivity contribution in [3.05, 3.63) is 35.5 Å². The van der Waals surface area contributed by atoms with Gasteiger partial charge >= 0.3 is 0 Å². The van der Waals surface area contributed by atoms with Crippen molar-refractivity contribution in [3.8, 4) is 0 Å². The lowest BCUT2D eigenvalue weighted by atomic mass is 9.94. The van der Waals surface area contributed by atoms with Gasteiger partial charge in [0.25, 0.3) is 0 Å². The molecule has 0 unspecified atom stereocenters. The van der Waals surface area contributed by atoms with Crippen molar-refractivity contribution in [2.75, 3.05) is 0 Å². The predicted octanol–water partition coefficient (Wildman–Crippen LogP) is 4.11. The summed E-state index contributed by atoms with van der Waals surface area (Å²) in [7, 11) is 0. The average Bonchev–Trinajstić information content (AvgIpc) is 2.03. The second kappa shape index (κ2) is 4.97. The summed E-state index contributed by atoms with van der Waals surface area (Å²) < 4.78 is 0. The maximum Gasteiger partial charge on any atom is -0.0216 e. The Morgan fingerprint density at radius 3 is 2.00 bits per heavy atom. The van der Waals surface area contributed by atoms with Gasteiger partial charge in [-0.2, -0.15) is 0 Å². The highest BCUT2D eigenvalue weighted by Gasteiger charge is 2.03. The summed E-state index contributed by atoms with van der Waals surface area (Å²) in [5.74, 6) is 0.567. The molecule has 0 spiro atoms. The van der Waals surface area contributed by atoms with Gasteiger partial charge in [-0.15, -0.1) is 0 Å². The van der Waals surface area contributed by atoms with Gasteiger partial charge in [0.1, 0.15) is 0 Å². The van der Waals surface area contributed by atoms with E-state index in [4.69, 9.17) is 0 Å². The minimum Gasteiger partial charge on any atom is -0.0988 e. The zero-order valence-corrected chi connectivity index (χ0v) is 8.94. The van der Waals surface area contributed by atoms with E-state index in [1.54, 1.807) is 0 Å². The minimum atomic E-state index is 0.567. The van der Waals surface area contributed by atoms with Gasteiger partial charge < -0.3 is 0 Å². The molecule has 0 radical (unpaired) electrons. The van der Waals surface area contributed by atoms with Crippen molar-refractivity contribution >= 4 is 0 Å². The molecular formula is C12H20. The summed E-state index contributed by atoms with van der Waals surface area (Å²) in [6.45, 7) is 14.6. The highest BCUT2D eigenvalue weighted by molar-refractivity contribution is 5.37. The predicted molar refractivity (Wildman–Crippen MR) is 57.2 cm³/mol. The Morgan fingerprint density at radius 1 is 1.25 bits per heavy atom. The van der Waals surface area contributed by atoms with Crippen LogP contribution < -0.4 is 0 Å². The van der Waals surface area contributed by atoms with Gasteiger partial charge in [-0.3, -0.25) is 0 Å². The SMILES string of the molecule is C=C/C(=C(C)\C(C)=C/C)C(C)C. The van der Waals surface area contributed by atoms with Crippen molar-refractivity contribution in [3.63, 3.8) is 0 Å². The van der Waals surface area contributed by atoms with Crippen LogP contribution in [0.15, 0.2) is 35.5 Å². The van der Waals surface area contributed by atoms with E-state index in [1.807, 2.05) is 6.08 Å². The Morgan fingerprint density at radius 2 is 1.75 bits per heavy atom. The van der Waals surface area contributed by atoms with E-state index in [-0.39, 0.29) is 0 Å². The first-order valence-corrected chi connectivity index (χ1v) is 4.51. The molecule has 0 aromatic heterocycles. The van der Waals surface area contributed by atoms with Crippen LogP contribution in [0, 0.1) is 5.92 Å². The molecule has 0 aromatic rings. The van der Waals surface area contributed by atoms with Crippen LogP contribution in [0.1, 0.15) is 34.6 Å². The maximum absolute atomic E-state index is 3.83. The van der Waals surface area contributed by atoms with Crippen LogP contribution in [0.3, 0.4) is 0 Å².